The van der Waals surface area contributed by atoms with Crippen molar-refractivity contribution in [3.63, 3.8) is 0 Å². The van der Waals surface area contributed by atoms with Crippen molar-refractivity contribution in [1.82, 2.24) is 0 Å². The van der Waals surface area contributed by atoms with Crippen LogP contribution in [0.5, 0.6) is 0 Å². The highest BCUT2D eigenvalue weighted by atomic mass is 16.5. The normalized spacial score (nSPS) is 13.5. The van der Waals surface area contributed by atoms with Gasteiger partial charge in [0, 0.05) is 0 Å². The van der Waals surface area contributed by atoms with Crippen LogP contribution >= 0.6 is 0 Å². The maximum absolute atomic E-state index is 5.69. The van der Waals surface area contributed by atoms with Gasteiger partial charge in [-0.2, -0.15) is 0 Å². The van der Waals surface area contributed by atoms with Crippen LogP contribution in [-0.2, 0) is 4.74 Å². The summed E-state index contributed by atoms with van der Waals surface area (Å²) in [5.41, 5.74) is 5.67. The van der Waals surface area contributed by atoms with Gasteiger partial charge < -0.3 is 10.5 Å². The number of hydrogen-bond acceptors (Lipinski definition) is 2. The lowest BCUT2D eigenvalue weighted by Crippen LogP contribution is -2.29. The van der Waals surface area contributed by atoms with Gasteiger partial charge in [0.25, 0.3) is 0 Å². The lowest BCUT2D eigenvalue weighted by atomic mass is 9.90. The molecule has 0 radical (unpaired) electrons. The smallest absolute Gasteiger partial charge is 0.0598 e. The number of nitrogens with two attached hydrogens (primary N) is 1. The molecule has 0 aromatic heterocycles. The van der Waals surface area contributed by atoms with E-state index in [-0.39, 0.29) is 11.0 Å². The summed E-state index contributed by atoms with van der Waals surface area (Å²) in [4.78, 5) is 0. The lowest BCUT2D eigenvalue weighted by Gasteiger charge is -2.29. The van der Waals surface area contributed by atoms with E-state index < -0.39 is 0 Å². The van der Waals surface area contributed by atoms with E-state index in [1.807, 2.05) is 0 Å². The van der Waals surface area contributed by atoms with E-state index in [0.29, 0.717) is 0 Å². The van der Waals surface area contributed by atoms with Crippen LogP contribution in [-0.4, -0.2) is 18.8 Å². The van der Waals surface area contributed by atoms with Crippen LogP contribution in [0.2, 0.25) is 0 Å². The molecule has 2 heteroatoms. The van der Waals surface area contributed by atoms with Gasteiger partial charge in [-0.3, -0.25) is 0 Å². The average Bonchev–Trinajstić information content (AvgIpc) is 1.83. The molecule has 0 fully saturated rings. The molecule has 0 spiro atoms. The van der Waals surface area contributed by atoms with Crippen LogP contribution in [0.4, 0.5) is 0 Å². The maximum Gasteiger partial charge on any atom is 0.0598 e. The van der Waals surface area contributed by atoms with Crippen LogP contribution in [0.25, 0.3) is 0 Å². The van der Waals surface area contributed by atoms with Crippen LogP contribution in [0.1, 0.15) is 41.0 Å². The zero-order valence-corrected chi connectivity index (χ0v) is 9.11. The Bertz CT molecular complexity index is 124. The SMILES string of the molecule is CC(C)(CCN)COC(C)(C)C. The molecule has 0 aromatic rings. The Balaban J connectivity index is 3.75. The Hall–Kier alpha value is -0.0800. The first-order valence-corrected chi connectivity index (χ1v) is 4.61. The van der Waals surface area contributed by atoms with Crippen molar-refractivity contribution in [2.24, 2.45) is 11.1 Å². The lowest BCUT2D eigenvalue weighted by molar-refractivity contribution is -0.0442. The molecular formula is C10H23NO. The first kappa shape index (κ1) is 11.9. The standard InChI is InChI=1S/C10H23NO/c1-9(2,3)12-8-10(4,5)6-7-11/h6-8,11H2,1-5H3. The molecule has 2 N–H and O–H groups in total. The minimum absolute atomic E-state index is 0.0358. The molecular weight excluding hydrogens is 150 g/mol. The summed E-state index contributed by atoms with van der Waals surface area (Å²) < 4.78 is 5.69. The third kappa shape index (κ3) is 6.62. The minimum atomic E-state index is -0.0358. The van der Waals surface area contributed by atoms with Crippen LogP contribution < -0.4 is 5.73 Å². The minimum Gasteiger partial charge on any atom is -0.375 e. The molecule has 0 amide bonds. The Morgan fingerprint density at radius 3 is 1.92 bits per heavy atom. The second-order valence-corrected chi connectivity index (χ2v) is 5.10. The van der Waals surface area contributed by atoms with Gasteiger partial charge in [-0.15, -0.1) is 0 Å². The van der Waals surface area contributed by atoms with Gasteiger partial charge >= 0.3 is 0 Å². The molecule has 12 heavy (non-hydrogen) atoms. The summed E-state index contributed by atoms with van der Waals surface area (Å²) in [6.45, 7) is 12.1. The summed E-state index contributed by atoms with van der Waals surface area (Å²) >= 11 is 0. The molecule has 0 saturated heterocycles. The Kier molecular flexibility index (Phi) is 4.21. The molecule has 0 aliphatic rings. The van der Waals surface area contributed by atoms with Crippen molar-refractivity contribution < 1.29 is 4.74 Å². The van der Waals surface area contributed by atoms with Crippen molar-refractivity contribution in [2.75, 3.05) is 13.2 Å². The Morgan fingerprint density at radius 2 is 1.58 bits per heavy atom. The molecule has 0 unspecified atom stereocenters. The van der Waals surface area contributed by atoms with Crippen LogP contribution in [0, 0.1) is 5.41 Å². The van der Waals surface area contributed by atoms with E-state index >= 15 is 0 Å². The van der Waals surface area contributed by atoms with Gasteiger partial charge in [0.1, 0.15) is 0 Å². The molecule has 0 aliphatic carbocycles. The molecule has 0 atom stereocenters. The fourth-order valence-electron chi connectivity index (χ4n) is 0.875. The summed E-state index contributed by atoms with van der Waals surface area (Å²) in [6, 6.07) is 0. The number of hydrogen-bond donors (Lipinski definition) is 1. The van der Waals surface area contributed by atoms with Crippen LogP contribution in [0.3, 0.4) is 0 Å². The van der Waals surface area contributed by atoms with Gasteiger partial charge in [0.2, 0.25) is 0 Å². The van der Waals surface area contributed by atoms with E-state index in [2.05, 4.69) is 34.6 Å². The van der Waals surface area contributed by atoms with E-state index in [1.165, 1.54) is 0 Å². The quantitative estimate of drug-likeness (QED) is 0.707. The average molecular weight is 173 g/mol. The highest BCUT2D eigenvalue weighted by molar-refractivity contribution is 4.70. The third-order valence-electron chi connectivity index (χ3n) is 1.72. The summed E-state index contributed by atoms with van der Waals surface area (Å²) in [6.07, 6.45) is 1.02. The number of rotatable bonds is 4. The molecule has 0 rings (SSSR count). The fourth-order valence-corrected chi connectivity index (χ4v) is 0.875. The van der Waals surface area contributed by atoms with Crippen molar-refractivity contribution in [3.05, 3.63) is 0 Å². The summed E-state index contributed by atoms with van der Waals surface area (Å²) in [5, 5.41) is 0. The topological polar surface area (TPSA) is 35.2 Å². The van der Waals surface area contributed by atoms with Crippen molar-refractivity contribution in [2.45, 2.75) is 46.6 Å². The van der Waals surface area contributed by atoms with Gasteiger partial charge in [0.15, 0.2) is 0 Å². The second kappa shape index (κ2) is 4.24. The third-order valence-corrected chi connectivity index (χ3v) is 1.72. The van der Waals surface area contributed by atoms with Crippen molar-refractivity contribution >= 4 is 0 Å². The molecule has 0 saturated carbocycles. The van der Waals surface area contributed by atoms with Crippen molar-refractivity contribution in [1.29, 1.82) is 0 Å². The second-order valence-electron chi connectivity index (χ2n) is 5.10. The van der Waals surface area contributed by atoms with E-state index in [9.17, 15) is 0 Å². The van der Waals surface area contributed by atoms with Gasteiger partial charge in [-0.25, -0.2) is 0 Å². The Labute approximate surface area is 76.5 Å². The zero-order chi connectivity index (χ0) is 9.83. The van der Waals surface area contributed by atoms with Crippen molar-refractivity contribution in [3.8, 4) is 0 Å². The maximum atomic E-state index is 5.69. The molecule has 74 valence electrons. The van der Waals surface area contributed by atoms with Gasteiger partial charge in [0.05, 0.1) is 12.2 Å². The largest absolute Gasteiger partial charge is 0.375 e. The van der Waals surface area contributed by atoms with E-state index in [0.717, 1.165) is 19.6 Å². The van der Waals surface area contributed by atoms with E-state index in [1.54, 1.807) is 0 Å². The summed E-state index contributed by atoms with van der Waals surface area (Å²) in [7, 11) is 0. The first-order chi connectivity index (χ1) is 5.27. The van der Waals surface area contributed by atoms with E-state index in [4.69, 9.17) is 10.5 Å². The molecule has 0 aromatic carbocycles. The monoisotopic (exact) mass is 173 g/mol. The molecule has 2 nitrogen and oxygen atoms in total. The van der Waals surface area contributed by atoms with Gasteiger partial charge in [-0.05, 0) is 39.2 Å². The molecule has 0 aliphatic heterocycles. The zero-order valence-electron chi connectivity index (χ0n) is 9.11. The van der Waals surface area contributed by atoms with Crippen LogP contribution in [0.15, 0.2) is 0 Å². The fraction of sp³-hybridized carbons (Fsp3) is 1.00. The molecule has 0 bridgehead atoms. The Morgan fingerprint density at radius 1 is 1.08 bits per heavy atom. The van der Waals surface area contributed by atoms with Gasteiger partial charge in [-0.1, -0.05) is 13.8 Å². The highest BCUT2D eigenvalue weighted by Gasteiger charge is 2.20. The predicted molar refractivity (Wildman–Crippen MR) is 53.2 cm³/mol. The first-order valence-electron chi connectivity index (χ1n) is 4.61. The predicted octanol–water partition coefficient (Wildman–Crippen LogP) is 2.18. The molecule has 0 heterocycles. The summed E-state index contributed by atoms with van der Waals surface area (Å²) in [5.74, 6) is 0. The number of ether oxygens (including phenoxy) is 1. The highest BCUT2D eigenvalue weighted by Crippen LogP contribution is 2.22.